The molecular weight excluding hydrogens is 640 g/mol. The number of amides is 4. The van der Waals surface area contributed by atoms with Crippen LogP contribution >= 0.6 is 0 Å². The van der Waals surface area contributed by atoms with Gasteiger partial charge in [-0.2, -0.15) is 0 Å². The summed E-state index contributed by atoms with van der Waals surface area (Å²) in [6.45, 7) is -0.0522. The molecule has 2 aliphatic rings. The smallest absolute Gasteiger partial charge is 0.326 e. The summed E-state index contributed by atoms with van der Waals surface area (Å²) in [5.74, 6) is -3.13. The Morgan fingerprint density at radius 2 is 1.64 bits per heavy atom. The highest BCUT2D eigenvalue weighted by molar-refractivity contribution is 5.96. The first-order valence-corrected chi connectivity index (χ1v) is 16.6. The van der Waals surface area contributed by atoms with Crippen molar-refractivity contribution in [3.8, 4) is 5.75 Å². The Hall–Kier alpha value is -5.69. The van der Waals surface area contributed by atoms with Gasteiger partial charge < -0.3 is 41.4 Å². The molecule has 2 aliphatic heterocycles. The molecule has 3 heterocycles. The van der Waals surface area contributed by atoms with E-state index in [2.05, 4.69) is 15.6 Å². The van der Waals surface area contributed by atoms with Gasteiger partial charge in [0.05, 0.1) is 12.6 Å². The summed E-state index contributed by atoms with van der Waals surface area (Å²) in [7, 11) is 0. The van der Waals surface area contributed by atoms with Crippen LogP contribution < -0.4 is 16.4 Å². The van der Waals surface area contributed by atoms with E-state index in [-0.39, 0.29) is 37.5 Å². The molecule has 0 bridgehead atoms. The number of nitrogens with zero attached hydrogens (tertiary/aromatic N) is 2. The van der Waals surface area contributed by atoms with Gasteiger partial charge >= 0.3 is 5.97 Å². The van der Waals surface area contributed by atoms with Crippen LogP contribution in [0.3, 0.4) is 0 Å². The van der Waals surface area contributed by atoms with Crippen molar-refractivity contribution in [1.29, 1.82) is 0 Å². The fourth-order valence-electron chi connectivity index (χ4n) is 6.87. The number of benzene rings is 3. The minimum absolute atomic E-state index is 0.0409. The maximum Gasteiger partial charge on any atom is 0.326 e. The van der Waals surface area contributed by atoms with E-state index >= 15 is 0 Å². The molecule has 13 heteroatoms. The van der Waals surface area contributed by atoms with E-state index in [1.54, 1.807) is 36.4 Å². The average molecular weight is 681 g/mol. The molecule has 6 rings (SSSR count). The van der Waals surface area contributed by atoms with Crippen molar-refractivity contribution >= 4 is 40.5 Å². The molecule has 50 heavy (non-hydrogen) atoms. The highest BCUT2D eigenvalue weighted by atomic mass is 16.4. The predicted octanol–water partition coefficient (Wildman–Crippen LogP) is 1.62. The van der Waals surface area contributed by atoms with Crippen LogP contribution in [0.25, 0.3) is 10.9 Å². The number of fused-ring (bicyclic) bond motifs is 3. The Morgan fingerprint density at radius 3 is 2.38 bits per heavy atom. The lowest BCUT2D eigenvalue weighted by Gasteiger charge is -2.29. The molecule has 13 nitrogen and oxygen atoms in total. The maximum atomic E-state index is 14.1. The van der Waals surface area contributed by atoms with Crippen LogP contribution in [-0.4, -0.2) is 91.9 Å². The topological polar surface area (TPSA) is 198 Å². The van der Waals surface area contributed by atoms with Gasteiger partial charge in [-0.15, -0.1) is 0 Å². The number of aromatic amines is 1. The minimum atomic E-state index is -1.21. The van der Waals surface area contributed by atoms with Crippen molar-refractivity contribution in [3.63, 3.8) is 0 Å². The third-order valence-corrected chi connectivity index (χ3v) is 9.38. The minimum Gasteiger partial charge on any atom is -0.508 e. The lowest BCUT2D eigenvalue weighted by atomic mass is 10.0. The molecule has 0 saturated carbocycles. The predicted molar refractivity (Wildman–Crippen MR) is 184 cm³/mol. The number of phenols is 1. The monoisotopic (exact) mass is 680 g/mol. The number of carboxylic acids is 1. The molecule has 4 amide bonds. The second-order valence-electron chi connectivity index (χ2n) is 12.9. The molecule has 4 aromatic rings. The first kappa shape index (κ1) is 34.2. The lowest BCUT2D eigenvalue weighted by molar-refractivity contribution is -0.144. The van der Waals surface area contributed by atoms with E-state index in [0.717, 1.165) is 27.6 Å². The standard InChI is InChI=1S/C37H40N6O7/c38-27(17-23-12-14-24(44)15-13-23)35(47)43-16-6-11-32(43)34(46)41-29-19-26-25-9-4-5-10-28(25)39-31(26)20-42(36(29)48)21-33(45)40-30(37(49)50)18-22-7-2-1-3-8-22/h1-5,7-10,12-15,27,29-30,32,39,44H,6,11,16-21,38H2,(H,40,45)(H,41,46)(H,49,50)/t27-,29-,30-,32-/m0/s1. The highest BCUT2D eigenvalue weighted by Crippen LogP contribution is 2.28. The zero-order valence-corrected chi connectivity index (χ0v) is 27.4. The Bertz CT molecular complexity index is 1890. The number of hydrogen-bond acceptors (Lipinski definition) is 7. The summed E-state index contributed by atoms with van der Waals surface area (Å²) >= 11 is 0. The van der Waals surface area contributed by atoms with Gasteiger partial charge in [0.1, 0.15) is 30.4 Å². The van der Waals surface area contributed by atoms with Crippen molar-refractivity contribution < 1.29 is 34.2 Å². The van der Waals surface area contributed by atoms with Gasteiger partial charge in [0.15, 0.2) is 0 Å². The van der Waals surface area contributed by atoms with Gasteiger partial charge in [-0.05, 0) is 54.2 Å². The van der Waals surface area contributed by atoms with Crippen LogP contribution in [0.4, 0.5) is 0 Å². The molecule has 1 fully saturated rings. The van der Waals surface area contributed by atoms with Gasteiger partial charge in [0.2, 0.25) is 23.6 Å². The molecule has 1 saturated heterocycles. The van der Waals surface area contributed by atoms with E-state index in [1.807, 2.05) is 30.3 Å². The number of carbonyl (C=O) groups excluding carboxylic acids is 4. The number of carboxylic acid groups (broad SMARTS) is 1. The van der Waals surface area contributed by atoms with Crippen molar-refractivity contribution in [1.82, 2.24) is 25.4 Å². The van der Waals surface area contributed by atoms with Crippen molar-refractivity contribution in [2.45, 2.75) is 62.8 Å². The lowest BCUT2D eigenvalue weighted by Crippen LogP contribution is -2.56. The molecule has 1 aromatic heterocycles. The Kier molecular flexibility index (Phi) is 10.1. The third kappa shape index (κ3) is 7.62. The van der Waals surface area contributed by atoms with E-state index in [1.165, 1.54) is 21.9 Å². The number of hydrogen-bond donors (Lipinski definition) is 6. The van der Waals surface area contributed by atoms with E-state index in [4.69, 9.17) is 5.73 Å². The number of rotatable bonds is 11. The Balaban J connectivity index is 1.19. The number of likely N-dealkylation sites (tertiary alicyclic amines) is 1. The summed E-state index contributed by atoms with van der Waals surface area (Å²) in [6.07, 6.45) is 1.41. The normalized spacial score (nSPS) is 18.6. The number of aromatic nitrogens is 1. The molecule has 4 atom stereocenters. The number of para-hydroxylation sites is 1. The summed E-state index contributed by atoms with van der Waals surface area (Å²) < 4.78 is 0. The van der Waals surface area contributed by atoms with Gasteiger partial charge in [0.25, 0.3) is 0 Å². The quantitative estimate of drug-likeness (QED) is 0.137. The van der Waals surface area contributed by atoms with Gasteiger partial charge in [-0.3, -0.25) is 19.2 Å². The second-order valence-corrected chi connectivity index (χ2v) is 12.9. The number of aliphatic carboxylic acids is 1. The van der Waals surface area contributed by atoms with Gasteiger partial charge in [-0.1, -0.05) is 60.7 Å². The first-order chi connectivity index (χ1) is 24.1. The summed E-state index contributed by atoms with van der Waals surface area (Å²) in [6, 6.07) is 18.9. The molecule has 0 spiro atoms. The van der Waals surface area contributed by atoms with Crippen molar-refractivity contribution in [3.05, 3.63) is 101 Å². The fraction of sp³-hybridized carbons (Fsp3) is 0.324. The van der Waals surface area contributed by atoms with Crippen LogP contribution in [0, 0.1) is 0 Å². The van der Waals surface area contributed by atoms with Gasteiger partial charge in [0, 0.05) is 36.0 Å². The number of phenolic OH excluding ortho intramolecular Hbond substituents is 1. The second kappa shape index (κ2) is 14.8. The summed E-state index contributed by atoms with van der Waals surface area (Å²) in [5, 5.41) is 25.7. The number of aromatic hydroxyl groups is 1. The van der Waals surface area contributed by atoms with E-state index in [0.29, 0.717) is 25.1 Å². The summed E-state index contributed by atoms with van der Waals surface area (Å²) in [4.78, 5) is 72.8. The Labute approximate surface area is 288 Å². The summed E-state index contributed by atoms with van der Waals surface area (Å²) in [5.41, 5.74) is 10.2. The molecule has 7 N–H and O–H groups in total. The number of carbonyl (C=O) groups is 5. The van der Waals surface area contributed by atoms with E-state index < -0.39 is 54.4 Å². The molecule has 3 aromatic carbocycles. The largest absolute Gasteiger partial charge is 0.508 e. The molecule has 260 valence electrons. The molecule has 0 aliphatic carbocycles. The fourth-order valence-corrected chi connectivity index (χ4v) is 6.87. The SMILES string of the molecule is N[C@@H](Cc1ccc(O)cc1)C(=O)N1CCC[C@H]1C(=O)N[C@H]1Cc2c([nH]c3ccccc23)CN(CC(=O)N[C@@H](Cc2ccccc2)C(=O)O)C1=O. The van der Waals surface area contributed by atoms with Crippen molar-refractivity contribution in [2.75, 3.05) is 13.1 Å². The van der Waals surface area contributed by atoms with Crippen LogP contribution in [0.15, 0.2) is 78.9 Å². The van der Waals surface area contributed by atoms with Gasteiger partial charge in [-0.25, -0.2) is 4.79 Å². The van der Waals surface area contributed by atoms with E-state index in [9.17, 15) is 34.2 Å². The number of nitrogens with two attached hydrogens (primary N) is 1. The number of nitrogens with one attached hydrogen (secondary N) is 3. The molecule has 0 unspecified atom stereocenters. The highest BCUT2D eigenvalue weighted by Gasteiger charge is 2.40. The van der Waals surface area contributed by atoms with Crippen LogP contribution in [0.5, 0.6) is 5.75 Å². The molecular formula is C37H40N6O7. The number of H-pyrrole nitrogens is 1. The average Bonchev–Trinajstić information content (AvgIpc) is 3.70. The zero-order valence-electron chi connectivity index (χ0n) is 27.4. The maximum absolute atomic E-state index is 14.1. The zero-order chi connectivity index (χ0) is 35.4. The van der Waals surface area contributed by atoms with Crippen molar-refractivity contribution in [2.24, 2.45) is 5.73 Å². The molecule has 0 radical (unpaired) electrons. The van der Waals surface area contributed by atoms with Crippen LogP contribution in [0.2, 0.25) is 0 Å². The van der Waals surface area contributed by atoms with Crippen LogP contribution in [0.1, 0.15) is 35.2 Å². The van der Waals surface area contributed by atoms with Crippen LogP contribution in [-0.2, 0) is 49.8 Å². The Morgan fingerprint density at radius 1 is 0.940 bits per heavy atom. The third-order valence-electron chi connectivity index (χ3n) is 9.38. The first-order valence-electron chi connectivity index (χ1n) is 16.6.